The molecule has 1 aliphatic rings. The fraction of sp³-hybridized carbons (Fsp3) is 0.533. The molecule has 1 fully saturated rings. The standard InChI is InChI=1S/C15H20N4OS/c1-11(2)12(10-19-16-7-8-17-19)18-14(20)15(5-6-15)13-4-3-9-21-13/h3-4,7-9,11-12H,5-6,10H2,1-2H3,(H,18,20). The van der Waals surface area contributed by atoms with Crippen molar-refractivity contribution in [3.05, 3.63) is 34.8 Å². The van der Waals surface area contributed by atoms with Crippen LogP contribution in [0.4, 0.5) is 0 Å². The van der Waals surface area contributed by atoms with Gasteiger partial charge in [-0.25, -0.2) is 0 Å². The zero-order chi connectivity index (χ0) is 14.9. The van der Waals surface area contributed by atoms with Crippen molar-refractivity contribution in [2.75, 3.05) is 0 Å². The van der Waals surface area contributed by atoms with Gasteiger partial charge in [-0.3, -0.25) is 4.79 Å². The number of hydrogen-bond acceptors (Lipinski definition) is 4. The number of hydrogen-bond donors (Lipinski definition) is 1. The molecule has 5 nitrogen and oxygen atoms in total. The van der Waals surface area contributed by atoms with Crippen molar-refractivity contribution in [3.8, 4) is 0 Å². The SMILES string of the molecule is CC(C)C(Cn1nccn1)NC(=O)C1(c2cccs2)CC1. The Morgan fingerprint density at radius 3 is 2.67 bits per heavy atom. The first-order chi connectivity index (χ1) is 10.1. The molecule has 1 aliphatic carbocycles. The summed E-state index contributed by atoms with van der Waals surface area (Å²) in [7, 11) is 0. The van der Waals surface area contributed by atoms with E-state index in [-0.39, 0.29) is 17.4 Å². The largest absolute Gasteiger partial charge is 0.350 e. The van der Waals surface area contributed by atoms with Gasteiger partial charge in [-0.1, -0.05) is 19.9 Å². The first-order valence-corrected chi connectivity index (χ1v) is 8.19. The minimum atomic E-state index is -0.279. The summed E-state index contributed by atoms with van der Waals surface area (Å²) in [6.45, 7) is 4.83. The predicted octanol–water partition coefficient (Wildman–Crippen LogP) is 2.21. The average Bonchev–Trinajstić information content (AvgIpc) is 2.91. The summed E-state index contributed by atoms with van der Waals surface area (Å²) in [5.41, 5.74) is -0.279. The van der Waals surface area contributed by atoms with E-state index < -0.39 is 0 Å². The number of carbonyl (C=O) groups is 1. The molecule has 1 N–H and O–H groups in total. The van der Waals surface area contributed by atoms with E-state index in [4.69, 9.17) is 0 Å². The van der Waals surface area contributed by atoms with E-state index >= 15 is 0 Å². The van der Waals surface area contributed by atoms with E-state index in [0.29, 0.717) is 12.5 Å². The maximum atomic E-state index is 12.7. The molecule has 0 aromatic carbocycles. The zero-order valence-corrected chi connectivity index (χ0v) is 13.1. The highest BCUT2D eigenvalue weighted by Crippen LogP contribution is 2.50. The van der Waals surface area contributed by atoms with Crippen LogP contribution in [0.15, 0.2) is 29.9 Å². The molecule has 0 radical (unpaired) electrons. The molecule has 6 heteroatoms. The maximum absolute atomic E-state index is 12.7. The highest BCUT2D eigenvalue weighted by Gasteiger charge is 2.52. The van der Waals surface area contributed by atoms with E-state index in [1.165, 1.54) is 4.88 Å². The van der Waals surface area contributed by atoms with Crippen molar-refractivity contribution < 1.29 is 4.79 Å². The molecule has 1 atom stereocenters. The summed E-state index contributed by atoms with van der Waals surface area (Å²) in [6.07, 6.45) is 5.22. The highest BCUT2D eigenvalue weighted by atomic mass is 32.1. The normalized spacial score (nSPS) is 17.7. The summed E-state index contributed by atoms with van der Waals surface area (Å²) >= 11 is 1.67. The van der Waals surface area contributed by atoms with Crippen molar-refractivity contribution in [2.45, 2.75) is 44.7 Å². The lowest BCUT2D eigenvalue weighted by Crippen LogP contribution is -2.46. The summed E-state index contributed by atoms with van der Waals surface area (Å²) < 4.78 is 0. The van der Waals surface area contributed by atoms with Crippen LogP contribution in [-0.4, -0.2) is 26.9 Å². The molecular weight excluding hydrogens is 284 g/mol. The molecule has 3 rings (SSSR count). The second-order valence-corrected chi connectivity index (χ2v) is 6.92. The Morgan fingerprint density at radius 2 is 2.14 bits per heavy atom. The molecule has 2 aromatic heterocycles. The third kappa shape index (κ3) is 2.85. The average molecular weight is 304 g/mol. The van der Waals surface area contributed by atoms with Crippen LogP contribution in [-0.2, 0) is 16.8 Å². The molecule has 0 aliphatic heterocycles. The van der Waals surface area contributed by atoms with Gasteiger partial charge in [0, 0.05) is 4.88 Å². The number of nitrogens with zero attached hydrogens (tertiary/aromatic N) is 3. The first-order valence-electron chi connectivity index (χ1n) is 7.31. The van der Waals surface area contributed by atoms with Gasteiger partial charge >= 0.3 is 0 Å². The van der Waals surface area contributed by atoms with Crippen LogP contribution in [0.2, 0.25) is 0 Å². The van der Waals surface area contributed by atoms with Gasteiger partial charge in [0.1, 0.15) is 0 Å². The molecule has 1 amide bonds. The second-order valence-electron chi connectivity index (χ2n) is 5.97. The minimum Gasteiger partial charge on any atom is -0.350 e. The molecule has 2 heterocycles. The molecular formula is C15H20N4OS. The summed E-state index contributed by atoms with van der Waals surface area (Å²) in [5.74, 6) is 0.481. The smallest absolute Gasteiger partial charge is 0.231 e. The van der Waals surface area contributed by atoms with Gasteiger partial charge in [0.25, 0.3) is 0 Å². The van der Waals surface area contributed by atoms with E-state index in [1.807, 2.05) is 11.4 Å². The van der Waals surface area contributed by atoms with Gasteiger partial charge in [0.05, 0.1) is 30.4 Å². The van der Waals surface area contributed by atoms with Crippen LogP contribution < -0.4 is 5.32 Å². The van der Waals surface area contributed by atoms with Crippen molar-refractivity contribution in [3.63, 3.8) is 0 Å². The van der Waals surface area contributed by atoms with Gasteiger partial charge in [0.15, 0.2) is 0 Å². The highest BCUT2D eigenvalue weighted by molar-refractivity contribution is 7.10. The second kappa shape index (κ2) is 5.60. The lowest BCUT2D eigenvalue weighted by Gasteiger charge is -2.24. The lowest BCUT2D eigenvalue weighted by atomic mass is 10.00. The predicted molar refractivity (Wildman–Crippen MR) is 82.0 cm³/mol. The monoisotopic (exact) mass is 304 g/mol. The van der Waals surface area contributed by atoms with Crippen LogP contribution in [0, 0.1) is 5.92 Å². The van der Waals surface area contributed by atoms with Crippen LogP contribution >= 0.6 is 11.3 Å². The van der Waals surface area contributed by atoms with Gasteiger partial charge in [-0.05, 0) is 30.2 Å². The molecule has 21 heavy (non-hydrogen) atoms. The Morgan fingerprint density at radius 1 is 1.43 bits per heavy atom. The van der Waals surface area contributed by atoms with Crippen LogP contribution in [0.1, 0.15) is 31.6 Å². The van der Waals surface area contributed by atoms with Crippen molar-refractivity contribution in [2.24, 2.45) is 5.92 Å². The number of thiophene rings is 1. The topological polar surface area (TPSA) is 59.8 Å². The van der Waals surface area contributed by atoms with Crippen molar-refractivity contribution in [1.29, 1.82) is 0 Å². The Hall–Kier alpha value is -1.69. The number of aromatic nitrogens is 3. The molecule has 0 bridgehead atoms. The Labute approximate surface area is 128 Å². The van der Waals surface area contributed by atoms with Crippen LogP contribution in [0.3, 0.4) is 0 Å². The number of rotatable bonds is 6. The van der Waals surface area contributed by atoms with Crippen molar-refractivity contribution >= 4 is 17.2 Å². The van der Waals surface area contributed by atoms with Gasteiger partial charge in [0.2, 0.25) is 5.91 Å². The van der Waals surface area contributed by atoms with Crippen LogP contribution in [0.5, 0.6) is 0 Å². The molecule has 0 saturated heterocycles. The molecule has 1 saturated carbocycles. The van der Waals surface area contributed by atoms with Gasteiger partial charge in [-0.15, -0.1) is 11.3 Å². The number of amides is 1. The van der Waals surface area contributed by atoms with Gasteiger partial charge < -0.3 is 5.32 Å². The van der Waals surface area contributed by atoms with E-state index in [1.54, 1.807) is 28.5 Å². The van der Waals surface area contributed by atoms with Crippen LogP contribution in [0.25, 0.3) is 0 Å². The quantitative estimate of drug-likeness (QED) is 0.890. The Kier molecular flexibility index (Phi) is 3.80. The third-order valence-corrected chi connectivity index (χ3v) is 5.20. The molecule has 112 valence electrons. The summed E-state index contributed by atoms with van der Waals surface area (Å²) in [4.78, 5) is 15.5. The number of carbonyl (C=O) groups excluding carboxylic acids is 1. The maximum Gasteiger partial charge on any atom is 0.231 e. The zero-order valence-electron chi connectivity index (χ0n) is 12.3. The number of nitrogens with one attached hydrogen (secondary N) is 1. The van der Waals surface area contributed by atoms with Gasteiger partial charge in [-0.2, -0.15) is 15.0 Å². The third-order valence-electron chi connectivity index (χ3n) is 4.13. The van der Waals surface area contributed by atoms with Crippen molar-refractivity contribution in [1.82, 2.24) is 20.3 Å². The first kappa shape index (κ1) is 14.3. The summed E-state index contributed by atoms with van der Waals surface area (Å²) in [5, 5.41) is 13.5. The lowest BCUT2D eigenvalue weighted by molar-refractivity contribution is -0.124. The summed E-state index contributed by atoms with van der Waals surface area (Å²) in [6, 6.07) is 4.12. The fourth-order valence-electron chi connectivity index (χ4n) is 2.50. The minimum absolute atomic E-state index is 0.0438. The Balaban J connectivity index is 1.70. The van der Waals surface area contributed by atoms with E-state index in [9.17, 15) is 4.79 Å². The van der Waals surface area contributed by atoms with E-state index in [0.717, 1.165) is 12.8 Å². The Bertz CT molecular complexity index is 587. The molecule has 0 spiro atoms. The fourth-order valence-corrected chi connectivity index (χ4v) is 3.49. The molecule has 2 aromatic rings. The molecule has 1 unspecified atom stereocenters. The van der Waals surface area contributed by atoms with E-state index in [2.05, 4.69) is 35.4 Å².